The van der Waals surface area contributed by atoms with Gasteiger partial charge in [-0.05, 0) is 24.3 Å². The smallest absolute Gasteiger partial charge is 0.415 e. The van der Waals surface area contributed by atoms with Gasteiger partial charge < -0.3 is 29.2 Å². The van der Waals surface area contributed by atoms with Gasteiger partial charge in [-0.2, -0.15) is 0 Å². The summed E-state index contributed by atoms with van der Waals surface area (Å²) in [6, 6.07) is 10.7. The lowest BCUT2D eigenvalue weighted by atomic mass is 10.1. The molecular weight excluding hydrogens is 454 g/mol. The minimum atomic E-state index is -0.891. The molecule has 180 valence electrons. The normalized spacial score (nSPS) is 19.3. The van der Waals surface area contributed by atoms with Crippen molar-refractivity contribution < 1.29 is 28.5 Å². The zero-order chi connectivity index (χ0) is 23.9. The molecule has 2 amide bonds. The maximum absolute atomic E-state index is 12.8. The van der Waals surface area contributed by atoms with E-state index in [2.05, 4.69) is 20.2 Å². The van der Waals surface area contributed by atoms with E-state index in [-0.39, 0.29) is 18.5 Å². The van der Waals surface area contributed by atoms with E-state index in [0.29, 0.717) is 49.4 Å². The van der Waals surface area contributed by atoms with Crippen molar-refractivity contribution in [3.63, 3.8) is 0 Å². The molecule has 6 rings (SSSR count). The van der Waals surface area contributed by atoms with Crippen LogP contribution >= 0.6 is 0 Å². The quantitative estimate of drug-likeness (QED) is 0.587. The average Bonchev–Trinajstić information content (AvgIpc) is 3.26. The average molecular weight is 477 g/mol. The summed E-state index contributed by atoms with van der Waals surface area (Å²) >= 11 is 0. The van der Waals surface area contributed by atoms with E-state index < -0.39 is 12.2 Å². The molecular formula is C24H23N5O6. The summed E-state index contributed by atoms with van der Waals surface area (Å²) in [5.74, 6) is 1.40. The Bertz CT molecular complexity index is 1310. The SMILES string of the molecule is COc1ccc2nccc(N3CC(NC(=O)[C@@H]4CN(c5ccc6c(c5)OCCO6)C(=O)O4)C3)c2n1. The predicted octanol–water partition coefficient (Wildman–Crippen LogP) is 1.74. The van der Waals surface area contributed by atoms with E-state index in [9.17, 15) is 9.59 Å². The van der Waals surface area contributed by atoms with E-state index in [1.807, 2.05) is 12.1 Å². The highest BCUT2D eigenvalue weighted by molar-refractivity contribution is 5.96. The number of methoxy groups -OCH3 is 1. The second-order valence-electron chi connectivity index (χ2n) is 8.47. The van der Waals surface area contributed by atoms with E-state index in [1.165, 1.54) is 4.90 Å². The van der Waals surface area contributed by atoms with Crippen molar-refractivity contribution in [1.82, 2.24) is 15.3 Å². The highest BCUT2D eigenvalue weighted by Crippen LogP contribution is 2.35. The van der Waals surface area contributed by atoms with Crippen LogP contribution in [0.3, 0.4) is 0 Å². The van der Waals surface area contributed by atoms with Crippen LogP contribution in [0.4, 0.5) is 16.2 Å². The summed E-state index contributed by atoms with van der Waals surface area (Å²) < 4.78 is 21.7. The van der Waals surface area contributed by atoms with Crippen LogP contribution in [0.2, 0.25) is 0 Å². The highest BCUT2D eigenvalue weighted by Gasteiger charge is 2.39. The van der Waals surface area contributed by atoms with Crippen molar-refractivity contribution in [1.29, 1.82) is 0 Å². The maximum atomic E-state index is 12.8. The van der Waals surface area contributed by atoms with Gasteiger partial charge in [-0.1, -0.05) is 0 Å². The molecule has 0 bridgehead atoms. The molecule has 1 atom stereocenters. The van der Waals surface area contributed by atoms with Gasteiger partial charge >= 0.3 is 6.09 Å². The van der Waals surface area contributed by atoms with Gasteiger partial charge in [-0.25, -0.2) is 9.78 Å². The van der Waals surface area contributed by atoms with Crippen molar-refractivity contribution in [3.05, 3.63) is 42.6 Å². The second-order valence-corrected chi connectivity index (χ2v) is 8.47. The standard InChI is InChI=1S/C24H23N5O6/c1-32-21-5-3-16-22(27-21)17(6-7-25-16)28-11-14(12-28)26-23(30)20-13-29(24(31)35-20)15-2-4-18-19(10-15)34-9-8-33-18/h2-7,10,14,20H,8-9,11-13H2,1H3,(H,26,30)/t20-/m0/s1. The molecule has 1 N–H and O–H groups in total. The van der Waals surface area contributed by atoms with Crippen molar-refractivity contribution in [2.75, 3.05) is 49.8 Å². The van der Waals surface area contributed by atoms with E-state index >= 15 is 0 Å². The van der Waals surface area contributed by atoms with E-state index in [1.54, 1.807) is 37.6 Å². The molecule has 1 aromatic carbocycles. The Morgan fingerprint density at radius 3 is 2.74 bits per heavy atom. The lowest BCUT2D eigenvalue weighted by Crippen LogP contribution is -2.61. The molecule has 11 nitrogen and oxygen atoms in total. The van der Waals surface area contributed by atoms with Gasteiger partial charge in [-0.3, -0.25) is 14.7 Å². The third-order valence-electron chi connectivity index (χ3n) is 6.26. The lowest BCUT2D eigenvalue weighted by Gasteiger charge is -2.41. The summed E-state index contributed by atoms with van der Waals surface area (Å²) in [7, 11) is 1.57. The number of pyridine rings is 2. The number of hydrogen-bond donors (Lipinski definition) is 1. The Morgan fingerprint density at radius 2 is 1.91 bits per heavy atom. The summed E-state index contributed by atoms with van der Waals surface area (Å²) in [5.41, 5.74) is 3.04. The van der Waals surface area contributed by atoms with Crippen LogP contribution in [0.15, 0.2) is 42.6 Å². The number of anilines is 2. The maximum Gasteiger partial charge on any atom is 0.415 e. The second kappa shape index (κ2) is 8.49. The van der Waals surface area contributed by atoms with Gasteiger partial charge in [0.2, 0.25) is 5.88 Å². The van der Waals surface area contributed by atoms with E-state index in [4.69, 9.17) is 18.9 Å². The van der Waals surface area contributed by atoms with Crippen molar-refractivity contribution in [3.8, 4) is 17.4 Å². The van der Waals surface area contributed by atoms with Crippen LogP contribution in [-0.4, -0.2) is 74.1 Å². The number of nitrogens with one attached hydrogen (secondary N) is 1. The Morgan fingerprint density at radius 1 is 1.09 bits per heavy atom. The number of nitrogens with zero attached hydrogens (tertiary/aromatic N) is 4. The fraction of sp³-hybridized carbons (Fsp3) is 0.333. The number of benzene rings is 1. The Balaban J connectivity index is 1.08. The third kappa shape index (κ3) is 3.88. The van der Waals surface area contributed by atoms with Crippen LogP contribution in [0.25, 0.3) is 11.0 Å². The number of aromatic nitrogens is 2. The Labute approximate surface area is 200 Å². The molecule has 11 heteroatoms. The molecule has 0 aliphatic carbocycles. The van der Waals surface area contributed by atoms with Gasteiger partial charge in [-0.15, -0.1) is 0 Å². The molecule has 2 fully saturated rings. The number of amides is 2. The Kier molecular flexibility index (Phi) is 5.16. The third-order valence-corrected chi connectivity index (χ3v) is 6.26. The number of cyclic esters (lactones) is 1. The van der Waals surface area contributed by atoms with Crippen LogP contribution < -0.4 is 29.3 Å². The molecule has 2 saturated heterocycles. The molecule has 2 aromatic heterocycles. The zero-order valence-corrected chi connectivity index (χ0v) is 19.0. The van der Waals surface area contributed by atoms with Crippen LogP contribution in [-0.2, 0) is 9.53 Å². The molecule has 0 unspecified atom stereocenters. The predicted molar refractivity (Wildman–Crippen MR) is 125 cm³/mol. The Hall–Kier alpha value is -4.28. The molecule has 0 spiro atoms. The van der Waals surface area contributed by atoms with Gasteiger partial charge in [0, 0.05) is 31.4 Å². The van der Waals surface area contributed by atoms with Crippen molar-refractivity contribution >= 4 is 34.4 Å². The molecule has 0 saturated carbocycles. The summed E-state index contributed by atoms with van der Waals surface area (Å²) in [6.45, 7) is 2.27. The van der Waals surface area contributed by atoms with Gasteiger partial charge in [0.1, 0.15) is 18.7 Å². The fourth-order valence-electron chi connectivity index (χ4n) is 4.43. The summed E-state index contributed by atoms with van der Waals surface area (Å²) in [5, 5.41) is 2.98. The lowest BCUT2D eigenvalue weighted by molar-refractivity contribution is -0.128. The minimum Gasteiger partial charge on any atom is -0.486 e. The van der Waals surface area contributed by atoms with Crippen LogP contribution in [0, 0.1) is 0 Å². The number of rotatable bonds is 5. The monoisotopic (exact) mass is 477 g/mol. The minimum absolute atomic E-state index is 0.0710. The molecule has 3 aliphatic heterocycles. The molecule has 3 aromatic rings. The van der Waals surface area contributed by atoms with Gasteiger partial charge in [0.15, 0.2) is 17.6 Å². The molecule has 3 aliphatic rings. The number of ether oxygens (including phenoxy) is 4. The highest BCUT2D eigenvalue weighted by atomic mass is 16.6. The first-order chi connectivity index (χ1) is 17.1. The number of carbonyl (C=O) groups excluding carboxylic acids is 2. The molecule has 35 heavy (non-hydrogen) atoms. The fourth-order valence-corrected chi connectivity index (χ4v) is 4.43. The van der Waals surface area contributed by atoms with Gasteiger partial charge in [0.25, 0.3) is 5.91 Å². The first kappa shape index (κ1) is 21.3. The van der Waals surface area contributed by atoms with Crippen molar-refractivity contribution in [2.24, 2.45) is 0 Å². The zero-order valence-electron chi connectivity index (χ0n) is 19.0. The molecule has 5 heterocycles. The number of fused-ring (bicyclic) bond motifs is 2. The molecule has 0 radical (unpaired) electrons. The van der Waals surface area contributed by atoms with Crippen LogP contribution in [0.1, 0.15) is 0 Å². The van der Waals surface area contributed by atoms with E-state index in [0.717, 1.165) is 16.7 Å². The number of hydrogen-bond acceptors (Lipinski definition) is 9. The summed E-state index contributed by atoms with van der Waals surface area (Å²) in [6.07, 6.45) is 0.278. The van der Waals surface area contributed by atoms with Crippen LogP contribution in [0.5, 0.6) is 17.4 Å². The first-order valence-corrected chi connectivity index (χ1v) is 11.3. The topological polar surface area (TPSA) is 115 Å². The first-order valence-electron chi connectivity index (χ1n) is 11.3. The summed E-state index contributed by atoms with van der Waals surface area (Å²) in [4.78, 5) is 37.7. The largest absolute Gasteiger partial charge is 0.486 e. The van der Waals surface area contributed by atoms with Gasteiger partial charge in [0.05, 0.1) is 36.6 Å². The number of carbonyl (C=O) groups is 2. The van der Waals surface area contributed by atoms with Crippen molar-refractivity contribution in [2.45, 2.75) is 12.1 Å².